The van der Waals surface area contributed by atoms with Crippen LogP contribution in [0.15, 0.2) is 42.5 Å². The first-order valence-corrected chi connectivity index (χ1v) is 8.68. The number of piperidine rings is 1. The van der Waals surface area contributed by atoms with Gasteiger partial charge < -0.3 is 10.6 Å². The number of nitrogens with one attached hydrogen (secondary N) is 2. The lowest BCUT2D eigenvalue weighted by Crippen LogP contribution is -2.53. The number of carbonyl (C=O) groups is 2. The van der Waals surface area contributed by atoms with Crippen molar-refractivity contribution in [2.45, 2.75) is 30.5 Å². The molecule has 1 fully saturated rings. The number of benzene rings is 2. The van der Waals surface area contributed by atoms with Crippen LogP contribution in [0.3, 0.4) is 0 Å². The maximum absolute atomic E-state index is 13.6. The zero-order chi connectivity index (χ0) is 19.4. The second-order valence-electron chi connectivity index (χ2n) is 6.70. The van der Waals surface area contributed by atoms with Crippen molar-refractivity contribution in [2.75, 3.05) is 5.32 Å². The van der Waals surface area contributed by atoms with E-state index in [4.69, 9.17) is 11.6 Å². The lowest BCUT2D eigenvalue weighted by Gasteiger charge is -2.41. The van der Waals surface area contributed by atoms with E-state index in [1.165, 1.54) is 18.2 Å². The molecule has 0 unspecified atom stereocenters. The molecule has 2 N–H and O–H groups in total. The molecule has 2 amide bonds. The Morgan fingerprint density at radius 2 is 1.85 bits per heavy atom. The maximum Gasteiger partial charge on any atom is 0.416 e. The molecule has 2 aromatic carbocycles. The number of fused-ring (bicyclic) bond motifs is 2. The highest BCUT2D eigenvalue weighted by molar-refractivity contribution is 6.31. The van der Waals surface area contributed by atoms with Crippen molar-refractivity contribution in [2.24, 2.45) is 0 Å². The van der Waals surface area contributed by atoms with E-state index in [1.54, 1.807) is 18.2 Å². The van der Waals surface area contributed by atoms with E-state index in [0.717, 1.165) is 6.07 Å². The van der Waals surface area contributed by atoms with Gasteiger partial charge in [0.1, 0.15) is 5.41 Å². The van der Waals surface area contributed by atoms with Gasteiger partial charge in [-0.1, -0.05) is 35.9 Å². The van der Waals surface area contributed by atoms with Crippen LogP contribution in [-0.2, 0) is 21.2 Å². The highest BCUT2D eigenvalue weighted by atomic mass is 35.5. The molecule has 0 radical (unpaired) electrons. The van der Waals surface area contributed by atoms with E-state index in [2.05, 4.69) is 10.6 Å². The zero-order valence-corrected chi connectivity index (χ0v) is 14.6. The molecule has 2 heterocycles. The minimum atomic E-state index is -4.61. The third-order valence-corrected chi connectivity index (χ3v) is 5.47. The van der Waals surface area contributed by atoms with Crippen molar-refractivity contribution in [3.8, 4) is 0 Å². The summed E-state index contributed by atoms with van der Waals surface area (Å²) < 4.78 is 40.8. The van der Waals surface area contributed by atoms with Gasteiger partial charge in [0, 0.05) is 17.1 Å². The van der Waals surface area contributed by atoms with Crippen LogP contribution in [-0.4, -0.2) is 11.8 Å². The average Bonchev–Trinajstić information content (AvgIpc) is 2.88. The quantitative estimate of drug-likeness (QED) is 0.761. The van der Waals surface area contributed by atoms with E-state index >= 15 is 0 Å². The van der Waals surface area contributed by atoms with Crippen LogP contribution >= 0.6 is 11.6 Å². The van der Waals surface area contributed by atoms with Crippen molar-refractivity contribution in [1.29, 1.82) is 0 Å². The van der Waals surface area contributed by atoms with Crippen LogP contribution in [0.5, 0.6) is 0 Å². The van der Waals surface area contributed by atoms with Crippen molar-refractivity contribution >= 4 is 29.1 Å². The minimum absolute atomic E-state index is 0.0418. The fourth-order valence-corrected chi connectivity index (χ4v) is 4.23. The molecule has 2 aromatic rings. The average molecular weight is 395 g/mol. The van der Waals surface area contributed by atoms with Crippen LogP contribution in [0.2, 0.25) is 5.02 Å². The Labute approximate surface area is 157 Å². The molecule has 1 saturated heterocycles. The molecule has 0 aliphatic carbocycles. The lowest BCUT2D eigenvalue weighted by molar-refractivity contribution is -0.140. The summed E-state index contributed by atoms with van der Waals surface area (Å²) in [6, 6.07) is 8.66. The molecule has 0 bridgehead atoms. The SMILES string of the molecule is O=C1CC[C@]2(C(=O)Nc3cc(Cl)ccc32)[C@@H](c2ccccc2C(F)(F)F)N1. The number of hydrogen-bond acceptors (Lipinski definition) is 2. The molecule has 4 rings (SSSR count). The van der Waals surface area contributed by atoms with E-state index in [9.17, 15) is 22.8 Å². The molecule has 2 atom stereocenters. The number of anilines is 1. The molecule has 1 spiro atoms. The third kappa shape index (κ3) is 2.68. The highest BCUT2D eigenvalue weighted by Gasteiger charge is 2.56. The Kier molecular flexibility index (Phi) is 3.96. The van der Waals surface area contributed by atoms with Crippen molar-refractivity contribution in [3.05, 3.63) is 64.2 Å². The Balaban J connectivity index is 1.95. The summed E-state index contributed by atoms with van der Waals surface area (Å²) in [5, 5.41) is 5.75. The highest BCUT2D eigenvalue weighted by Crippen LogP contribution is 2.52. The number of halogens is 4. The molecule has 140 valence electrons. The van der Waals surface area contributed by atoms with E-state index in [0.29, 0.717) is 16.3 Å². The van der Waals surface area contributed by atoms with Gasteiger partial charge in [-0.25, -0.2) is 0 Å². The fourth-order valence-electron chi connectivity index (χ4n) is 4.06. The van der Waals surface area contributed by atoms with Gasteiger partial charge in [0.15, 0.2) is 0 Å². The van der Waals surface area contributed by atoms with Crippen LogP contribution in [0.25, 0.3) is 0 Å². The zero-order valence-electron chi connectivity index (χ0n) is 13.9. The lowest BCUT2D eigenvalue weighted by atomic mass is 9.67. The summed E-state index contributed by atoms with van der Waals surface area (Å²) >= 11 is 5.99. The third-order valence-electron chi connectivity index (χ3n) is 5.24. The molecule has 27 heavy (non-hydrogen) atoms. The minimum Gasteiger partial charge on any atom is -0.348 e. The number of alkyl halides is 3. The Bertz CT molecular complexity index is 960. The van der Waals surface area contributed by atoms with Gasteiger partial charge in [-0.3, -0.25) is 9.59 Å². The molecule has 2 aliphatic heterocycles. The predicted molar refractivity (Wildman–Crippen MR) is 93.3 cm³/mol. The van der Waals surface area contributed by atoms with E-state index in [-0.39, 0.29) is 18.4 Å². The monoisotopic (exact) mass is 394 g/mol. The number of hydrogen-bond donors (Lipinski definition) is 2. The first-order valence-electron chi connectivity index (χ1n) is 8.30. The molecule has 2 aliphatic rings. The predicted octanol–water partition coefficient (Wildman–Crippen LogP) is 4.20. The molecule has 4 nitrogen and oxygen atoms in total. The first kappa shape index (κ1) is 17.9. The molecule has 0 saturated carbocycles. The van der Waals surface area contributed by atoms with Crippen LogP contribution in [0.4, 0.5) is 18.9 Å². The fraction of sp³-hybridized carbons (Fsp3) is 0.263. The van der Waals surface area contributed by atoms with Crippen LogP contribution in [0, 0.1) is 0 Å². The number of carbonyl (C=O) groups excluding carboxylic acids is 2. The summed E-state index contributed by atoms with van der Waals surface area (Å²) in [5.74, 6) is -0.834. The largest absolute Gasteiger partial charge is 0.416 e. The summed E-state index contributed by atoms with van der Waals surface area (Å²) in [4.78, 5) is 25.1. The van der Waals surface area contributed by atoms with E-state index in [1.807, 2.05) is 0 Å². The first-order chi connectivity index (χ1) is 12.7. The Hall–Kier alpha value is -2.54. The maximum atomic E-state index is 13.6. The van der Waals surface area contributed by atoms with Gasteiger partial charge in [-0.05, 0) is 35.7 Å². The Morgan fingerprint density at radius 1 is 1.11 bits per heavy atom. The van der Waals surface area contributed by atoms with Crippen molar-refractivity contribution < 1.29 is 22.8 Å². The molecular formula is C19H14ClF3N2O2. The smallest absolute Gasteiger partial charge is 0.348 e. The number of rotatable bonds is 1. The second kappa shape index (κ2) is 5.99. The normalized spacial score (nSPS) is 24.5. The molecule has 0 aromatic heterocycles. The van der Waals surface area contributed by atoms with Gasteiger partial charge in [0.25, 0.3) is 0 Å². The van der Waals surface area contributed by atoms with Gasteiger partial charge in [0.05, 0.1) is 11.6 Å². The summed E-state index contributed by atoms with van der Waals surface area (Å²) in [7, 11) is 0. The summed E-state index contributed by atoms with van der Waals surface area (Å²) in [5.41, 5.74) is -1.32. The Morgan fingerprint density at radius 3 is 2.59 bits per heavy atom. The topological polar surface area (TPSA) is 58.2 Å². The summed E-state index contributed by atoms with van der Waals surface area (Å²) in [6.07, 6.45) is -4.46. The molecular weight excluding hydrogens is 381 g/mol. The molecule has 8 heteroatoms. The van der Waals surface area contributed by atoms with Gasteiger partial charge in [-0.15, -0.1) is 0 Å². The van der Waals surface area contributed by atoms with Crippen LogP contribution < -0.4 is 10.6 Å². The van der Waals surface area contributed by atoms with Crippen LogP contribution in [0.1, 0.15) is 35.6 Å². The number of amides is 2. The van der Waals surface area contributed by atoms with Gasteiger partial charge >= 0.3 is 6.18 Å². The second-order valence-corrected chi connectivity index (χ2v) is 7.14. The summed E-state index contributed by atoms with van der Waals surface area (Å²) in [6.45, 7) is 0. The van der Waals surface area contributed by atoms with E-state index < -0.39 is 35.0 Å². The standard InChI is InChI=1S/C19H14ClF3N2O2/c20-10-5-6-13-14(9-10)24-17(27)18(13)8-7-15(26)25-16(18)11-3-1-2-4-12(11)19(21,22)23/h1-6,9,16H,7-8H2,(H,24,27)(H,25,26)/t16-,18-/m1/s1. The van der Waals surface area contributed by atoms with Gasteiger partial charge in [-0.2, -0.15) is 13.2 Å². The van der Waals surface area contributed by atoms with Crippen molar-refractivity contribution in [3.63, 3.8) is 0 Å². The van der Waals surface area contributed by atoms with Crippen molar-refractivity contribution in [1.82, 2.24) is 5.32 Å². The van der Waals surface area contributed by atoms with Gasteiger partial charge in [0.2, 0.25) is 11.8 Å².